The maximum absolute atomic E-state index is 12.2. The zero-order valence-electron chi connectivity index (χ0n) is 15.3. The highest BCUT2D eigenvalue weighted by Crippen LogP contribution is 2.38. The predicted octanol–water partition coefficient (Wildman–Crippen LogP) is 3.91. The Morgan fingerprint density at radius 1 is 1.04 bits per heavy atom. The SMILES string of the molecule is Cc1c2c(cc3c(-c4ccccc4)cc(=O)oc13)CN(c1ncccn1)CO2. The summed E-state index contributed by atoms with van der Waals surface area (Å²) in [6.07, 6.45) is 3.43. The van der Waals surface area contributed by atoms with Gasteiger partial charge in [-0.15, -0.1) is 0 Å². The van der Waals surface area contributed by atoms with Crippen molar-refractivity contribution in [3.63, 3.8) is 0 Å². The number of aromatic nitrogens is 2. The molecule has 1 aliphatic rings. The third-order valence-corrected chi connectivity index (χ3v) is 4.94. The van der Waals surface area contributed by atoms with E-state index in [4.69, 9.17) is 9.15 Å². The molecule has 6 heteroatoms. The minimum atomic E-state index is -0.371. The van der Waals surface area contributed by atoms with Crippen LogP contribution in [0.1, 0.15) is 11.1 Å². The topological polar surface area (TPSA) is 68.5 Å². The molecule has 2 aromatic carbocycles. The molecule has 1 aliphatic heterocycles. The highest BCUT2D eigenvalue weighted by Gasteiger charge is 2.24. The Labute approximate surface area is 161 Å². The molecule has 5 rings (SSSR count). The molecule has 0 saturated heterocycles. The van der Waals surface area contributed by atoms with Crippen molar-refractivity contribution >= 4 is 16.9 Å². The summed E-state index contributed by atoms with van der Waals surface area (Å²) < 4.78 is 11.6. The number of ether oxygens (including phenoxy) is 1. The quantitative estimate of drug-likeness (QED) is 0.498. The van der Waals surface area contributed by atoms with Crippen LogP contribution in [-0.2, 0) is 6.54 Å². The lowest BCUT2D eigenvalue weighted by molar-refractivity contribution is 0.285. The van der Waals surface area contributed by atoms with E-state index < -0.39 is 0 Å². The van der Waals surface area contributed by atoms with E-state index in [9.17, 15) is 4.79 Å². The Kier molecular flexibility index (Phi) is 3.83. The standard InChI is InChI=1S/C22H17N3O3/c1-14-20-16(12-25(13-27-20)22-23-8-5-9-24-22)10-18-17(11-19(26)28-21(14)18)15-6-3-2-4-7-15/h2-11H,12-13H2,1H3. The molecule has 138 valence electrons. The van der Waals surface area contributed by atoms with Gasteiger partial charge in [-0.05, 0) is 30.2 Å². The molecule has 4 aromatic rings. The van der Waals surface area contributed by atoms with Crippen LogP contribution in [0, 0.1) is 6.92 Å². The molecule has 0 N–H and O–H groups in total. The Morgan fingerprint density at radius 2 is 1.82 bits per heavy atom. The van der Waals surface area contributed by atoms with Crippen LogP contribution in [-0.4, -0.2) is 16.7 Å². The fourth-order valence-electron chi connectivity index (χ4n) is 3.66. The van der Waals surface area contributed by atoms with Gasteiger partial charge in [0.1, 0.15) is 11.3 Å². The van der Waals surface area contributed by atoms with Crippen molar-refractivity contribution in [2.24, 2.45) is 0 Å². The van der Waals surface area contributed by atoms with Crippen LogP contribution >= 0.6 is 0 Å². The molecule has 3 heterocycles. The zero-order chi connectivity index (χ0) is 19.1. The first-order valence-corrected chi connectivity index (χ1v) is 9.01. The summed E-state index contributed by atoms with van der Waals surface area (Å²) >= 11 is 0. The van der Waals surface area contributed by atoms with Crippen LogP contribution in [0.3, 0.4) is 0 Å². The summed E-state index contributed by atoms with van der Waals surface area (Å²) in [5, 5.41) is 0.890. The van der Waals surface area contributed by atoms with Crippen LogP contribution in [0.4, 0.5) is 5.95 Å². The van der Waals surface area contributed by atoms with E-state index in [2.05, 4.69) is 9.97 Å². The van der Waals surface area contributed by atoms with Crippen LogP contribution in [0.5, 0.6) is 5.75 Å². The lowest BCUT2D eigenvalue weighted by Gasteiger charge is -2.30. The first kappa shape index (κ1) is 16.5. The van der Waals surface area contributed by atoms with E-state index >= 15 is 0 Å². The molecule has 0 bridgehead atoms. The van der Waals surface area contributed by atoms with Gasteiger partial charge in [0.25, 0.3) is 0 Å². The van der Waals surface area contributed by atoms with Crippen molar-refractivity contribution in [3.8, 4) is 16.9 Å². The second-order valence-electron chi connectivity index (χ2n) is 6.73. The van der Waals surface area contributed by atoms with E-state index in [0.29, 0.717) is 24.8 Å². The largest absolute Gasteiger partial charge is 0.472 e. The van der Waals surface area contributed by atoms with E-state index in [1.807, 2.05) is 48.2 Å². The molecular formula is C22H17N3O3. The van der Waals surface area contributed by atoms with Gasteiger partial charge in [0.2, 0.25) is 5.95 Å². The molecule has 0 fully saturated rings. The second kappa shape index (κ2) is 6.49. The van der Waals surface area contributed by atoms with Crippen molar-refractivity contribution < 1.29 is 9.15 Å². The number of aryl methyl sites for hydroxylation is 1. The lowest BCUT2D eigenvalue weighted by Crippen LogP contribution is -2.33. The van der Waals surface area contributed by atoms with Crippen molar-refractivity contribution in [1.29, 1.82) is 0 Å². The number of fused-ring (bicyclic) bond motifs is 2. The van der Waals surface area contributed by atoms with Gasteiger partial charge in [-0.2, -0.15) is 0 Å². The van der Waals surface area contributed by atoms with Crippen LogP contribution in [0.25, 0.3) is 22.1 Å². The number of nitrogens with zero attached hydrogens (tertiary/aromatic N) is 3. The Bertz CT molecular complexity index is 1220. The predicted molar refractivity (Wildman–Crippen MR) is 106 cm³/mol. The summed E-state index contributed by atoms with van der Waals surface area (Å²) in [6, 6.07) is 15.2. The van der Waals surface area contributed by atoms with Crippen molar-refractivity contribution in [1.82, 2.24) is 9.97 Å². The normalized spacial score (nSPS) is 13.2. The maximum Gasteiger partial charge on any atom is 0.336 e. The lowest BCUT2D eigenvalue weighted by atomic mass is 9.97. The third-order valence-electron chi connectivity index (χ3n) is 4.94. The van der Waals surface area contributed by atoms with Gasteiger partial charge in [-0.3, -0.25) is 0 Å². The smallest absolute Gasteiger partial charge is 0.336 e. The highest BCUT2D eigenvalue weighted by atomic mass is 16.5. The highest BCUT2D eigenvalue weighted by molar-refractivity contribution is 5.96. The second-order valence-corrected chi connectivity index (χ2v) is 6.73. The van der Waals surface area contributed by atoms with E-state index in [1.54, 1.807) is 24.5 Å². The molecule has 0 spiro atoms. The zero-order valence-corrected chi connectivity index (χ0v) is 15.3. The average Bonchev–Trinajstić information content (AvgIpc) is 2.75. The summed E-state index contributed by atoms with van der Waals surface area (Å²) in [5.74, 6) is 1.38. The van der Waals surface area contributed by atoms with E-state index in [1.165, 1.54) is 0 Å². The first-order valence-electron chi connectivity index (χ1n) is 9.01. The average molecular weight is 371 g/mol. The molecule has 0 amide bonds. The molecule has 28 heavy (non-hydrogen) atoms. The number of benzene rings is 2. The summed E-state index contributed by atoms with van der Waals surface area (Å²) in [6.45, 7) is 2.88. The molecule has 0 radical (unpaired) electrons. The molecule has 0 unspecified atom stereocenters. The van der Waals surface area contributed by atoms with Crippen LogP contribution in [0.2, 0.25) is 0 Å². The van der Waals surface area contributed by atoms with Crippen molar-refractivity contribution in [2.75, 3.05) is 11.6 Å². The van der Waals surface area contributed by atoms with Crippen LogP contribution in [0.15, 0.2) is 70.1 Å². The fraction of sp³-hybridized carbons (Fsp3) is 0.136. The fourth-order valence-corrected chi connectivity index (χ4v) is 3.66. The number of hydrogen-bond acceptors (Lipinski definition) is 6. The van der Waals surface area contributed by atoms with Gasteiger partial charge < -0.3 is 14.1 Å². The van der Waals surface area contributed by atoms with Crippen molar-refractivity contribution in [3.05, 3.63) is 82.5 Å². The first-order chi connectivity index (χ1) is 13.7. The van der Waals surface area contributed by atoms with Crippen molar-refractivity contribution in [2.45, 2.75) is 13.5 Å². The van der Waals surface area contributed by atoms with Crippen LogP contribution < -0.4 is 15.3 Å². The summed E-state index contributed by atoms with van der Waals surface area (Å²) in [7, 11) is 0. The molecule has 6 nitrogen and oxygen atoms in total. The summed E-state index contributed by atoms with van der Waals surface area (Å²) in [4.78, 5) is 22.8. The number of anilines is 1. The minimum Gasteiger partial charge on any atom is -0.472 e. The van der Waals surface area contributed by atoms with E-state index in [0.717, 1.165) is 33.4 Å². The van der Waals surface area contributed by atoms with Gasteiger partial charge in [0, 0.05) is 35.0 Å². The Hall–Kier alpha value is -3.67. The van der Waals surface area contributed by atoms with Gasteiger partial charge >= 0.3 is 5.63 Å². The molecule has 2 aromatic heterocycles. The third kappa shape index (κ3) is 2.70. The maximum atomic E-state index is 12.2. The monoisotopic (exact) mass is 371 g/mol. The molecule has 0 saturated carbocycles. The number of hydrogen-bond donors (Lipinski definition) is 0. The molecular weight excluding hydrogens is 354 g/mol. The van der Waals surface area contributed by atoms with Gasteiger partial charge in [-0.1, -0.05) is 30.3 Å². The minimum absolute atomic E-state index is 0.339. The summed E-state index contributed by atoms with van der Waals surface area (Å²) in [5.41, 5.74) is 3.86. The Balaban J connectivity index is 1.69. The number of rotatable bonds is 2. The molecule has 0 aliphatic carbocycles. The van der Waals surface area contributed by atoms with E-state index in [-0.39, 0.29) is 5.63 Å². The van der Waals surface area contributed by atoms with Gasteiger partial charge in [-0.25, -0.2) is 14.8 Å². The Morgan fingerprint density at radius 3 is 2.61 bits per heavy atom. The molecule has 0 atom stereocenters. The van der Waals surface area contributed by atoms with Gasteiger partial charge in [0.05, 0.1) is 6.54 Å². The van der Waals surface area contributed by atoms with Gasteiger partial charge in [0.15, 0.2) is 6.73 Å².